The van der Waals surface area contributed by atoms with E-state index in [1.54, 1.807) is 12.1 Å². The van der Waals surface area contributed by atoms with E-state index in [-0.39, 0.29) is 18.5 Å². The van der Waals surface area contributed by atoms with Gasteiger partial charge in [-0.1, -0.05) is 12.1 Å². The van der Waals surface area contributed by atoms with Gasteiger partial charge in [-0.15, -0.1) is 6.58 Å². The summed E-state index contributed by atoms with van der Waals surface area (Å²) in [7, 11) is 0. The summed E-state index contributed by atoms with van der Waals surface area (Å²) in [6.07, 6.45) is 1.55. The van der Waals surface area contributed by atoms with Crippen molar-refractivity contribution in [2.45, 2.75) is 12.6 Å². The predicted molar refractivity (Wildman–Crippen MR) is 49.4 cm³/mol. The quantitative estimate of drug-likeness (QED) is 0.694. The van der Waals surface area contributed by atoms with Gasteiger partial charge in [0.15, 0.2) is 0 Å². The standard InChI is InChI=1S/C10H12FNO/c1-2-10(12)9-4-3-8(11)5-7(9)6-13/h2-5,10,13H,1,6,12H2/t10-/m0/s1. The summed E-state index contributed by atoms with van der Waals surface area (Å²) in [6, 6.07) is 3.80. The van der Waals surface area contributed by atoms with Crippen LogP contribution < -0.4 is 5.73 Å². The van der Waals surface area contributed by atoms with Crippen LogP contribution in [0.5, 0.6) is 0 Å². The lowest BCUT2D eigenvalue weighted by molar-refractivity contribution is 0.279. The van der Waals surface area contributed by atoms with E-state index < -0.39 is 0 Å². The molecular weight excluding hydrogens is 169 g/mol. The van der Waals surface area contributed by atoms with Gasteiger partial charge in [0.25, 0.3) is 0 Å². The third-order valence-corrected chi connectivity index (χ3v) is 1.89. The van der Waals surface area contributed by atoms with E-state index in [1.165, 1.54) is 12.1 Å². The molecular formula is C10H12FNO. The van der Waals surface area contributed by atoms with E-state index in [0.29, 0.717) is 11.1 Å². The van der Waals surface area contributed by atoms with Crippen LogP contribution in [-0.4, -0.2) is 5.11 Å². The molecule has 1 rings (SSSR count). The van der Waals surface area contributed by atoms with Gasteiger partial charge in [0.2, 0.25) is 0 Å². The number of nitrogens with two attached hydrogens (primary N) is 1. The zero-order valence-corrected chi connectivity index (χ0v) is 7.20. The van der Waals surface area contributed by atoms with Crippen molar-refractivity contribution in [1.82, 2.24) is 0 Å². The van der Waals surface area contributed by atoms with Gasteiger partial charge < -0.3 is 10.8 Å². The molecule has 0 aliphatic heterocycles. The zero-order valence-electron chi connectivity index (χ0n) is 7.20. The summed E-state index contributed by atoms with van der Waals surface area (Å²) in [4.78, 5) is 0. The maximum Gasteiger partial charge on any atom is 0.123 e. The van der Waals surface area contributed by atoms with Crippen LogP contribution in [0.4, 0.5) is 4.39 Å². The molecule has 0 saturated carbocycles. The predicted octanol–water partition coefficient (Wildman–Crippen LogP) is 1.50. The first kappa shape index (κ1) is 9.89. The van der Waals surface area contributed by atoms with E-state index in [0.717, 1.165) is 0 Å². The maximum atomic E-state index is 12.7. The van der Waals surface area contributed by atoms with Crippen molar-refractivity contribution in [3.8, 4) is 0 Å². The zero-order chi connectivity index (χ0) is 9.84. The molecule has 0 radical (unpaired) electrons. The molecule has 0 fully saturated rings. The number of benzene rings is 1. The van der Waals surface area contributed by atoms with E-state index in [9.17, 15) is 4.39 Å². The Hall–Kier alpha value is -1.19. The molecule has 0 spiro atoms. The van der Waals surface area contributed by atoms with Crippen molar-refractivity contribution in [3.63, 3.8) is 0 Å². The second-order valence-electron chi connectivity index (χ2n) is 2.76. The summed E-state index contributed by atoms with van der Waals surface area (Å²) in [5.74, 6) is -0.371. The highest BCUT2D eigenvalue weighted by molar-refractivity contribution is 5.32. The molecule has 0 amide bonds. The fourth-order valence-corrected chi connectivity index (χ4v) is 1.16. The minimum Gasteiger partial charge on any atom is -0.392 e. The van der Waals surface area contributed by atoms with Crippen LogP contribution in [0.1, 0.15) is 17.2 Å². The highest BCUT2D eigenvalue weighted by atomic mass is 19.1. The number of aliphatic hydroxyl groups excluding tert-OH is 1. The lowest BCUT2D eigenvalue weighted by Crippen LogP contribution is -2.09. The van der Waals surface area contributed by atoms with E-state index in [2.05, 4.69) is 6.58 Å². The Labute approximate surface area is 76.5 Å². The average molecular weight is 181 g/mol. The summed E-state index contributed by atoms with van der Waals surface area (Å²) < 4.78 is 12.7. The van der Waals surface area contributed by atoms with Crippen LogP contribution in [0.2, 0.25) is 0 Å². The number of aliphatic hydroxyl groups is 1. The monoisotopic (exact) mass is 181 g/mol. The van der Waals surface area contributed by atoms with Crippen LogP contribution in [0, 0.1) is 5.82 Å². The molecule has 70 valence electrons. The smallest absolute Gasteiger partial charge is 0.123 e. The fourth-order valence-electron chi connectivity index (χ4n) is 1.16. The summed E-state index contributed by atoms with van der Waals surface area (Å²) in [5.41, 5.74) is 6.88. The van der Waals surface area contributed by atoms with Gasteiger partial charge >= 0.3 is 0 Å². The van der Waals surface area contributed by atoms with E-state index in [4.69, 9.17) is 10.8 Å². The van der Waals surface area contributed by atoms with Gasteiger partial charge in [0, 0.05) is 6.04 Å². The minimum atomic E-state index is -0.371. The Kier molecular flexibility index (Phi) is 3.17. The molecule has 1 aromatic carbocycles. The summed E-state index contributed by atoms with van der Waals surface area (Å²) in [6.45, 7) is 3.32. The van der Waals surface area contributed by atoms with Crippen LogP contribution in [0.15, 0.2) is 30.9 Å². The Bertz CT molecular complexity index is 312. The van der Waals surface area contributed by atoms with E-state index >= 15 is 0 Å². The molecule has 1 atom stereocenters. The number of rotatable bonds is 3. The molecule has 0 unspecified atom stereocenters. The van der Waals surface area contributed by atoms with Crippen LogP contribution in [0.25, 0.3) is 0 Å². The van der Waals surface area contributed by atoms with Gasteiger partial charge in [-0.2, -0.15) is 0 Å². The summed E-state index contributed by atoms with van der Waals surface area (Å²) in [5, 5.41) is 8.93. The summed E-state index contributed by atoms with van der Waals surface area (Å²) >= 11 is 0. The van der Waals surface area contributed by atoms with Crippen molar-refractivity contribution in [1.29, 1.82) is 0 Å². The Morgan fingerprint density at radius 3 is 2.85 bits per heavy atom. The van der Waals surface area contributed by atoms with Gasteiger partial charge in [0.1, 0.15) is 5.82 Å². The second-order valence-corrected chi connectivity index (χ2v) is 2.76. The molecule has 13 heavy (non-hydrogen) atoms. The average Bonchev–Trinajstić information content (AvgIpc) is 2.16. The van der Waals surface area contributed by atoms with Crippen molar-refractivity contribution in [2.75, 3.05) is 0 Å². The van der Waals surface area contributed by atoms with Crippen molar-refractivity contribution >= 4 is 0 Å². The molecule has 0 aliphatic carbocycles. The first-order chi connectivity index (χ1) is 6.19. The molecule has 3 N–H and O–H groups in total. The number of hydrogen-bond donors (Lipinski definition) is 2. The largest absolute Gasteiger partial charge is 0.392 e. The van der Waals surface area contributed by atoms with Gasteiger partial charge in [0.05, 0.1) is 6.61 Å². The number of halogens is 1. The maximum absolute atomic E-state index is 12.7. The minimum absolute atomic E-state index is 0.214. The Balaban J connectivity index is 3.12. The lowest BCUT2D eigenvalue weighted by atomic mass is 10.0. The van der Waals surface area contributed by atoms with Crippen molar-refractivity contribution in [2.24, 2.45) is 5.73 Å². The fraction of sp³-hybridized carbons (Fsp3) is 0.200. The van der Waals surface area contributed by atoms with Gasteiger partial charge in [-0.05, 0) is 23.3 Å². The molecule has 3 heteroatoms. The first-order valence-electron chi connectivity index (χ1n) is 3.96. The van der Waals surface area contributed by atoms with Crippen molar-refractivity contribution < 1.29 is 9.50 Å². The lowest BCUT2D eigenvalue weighted by Gasteiger charge is -2.11. The molecule has 0 aliphatic rings. The molecule has 0 heterocycles. The van der Waals surface area contributed by atoms with Gasteiger partial charge in [-0.25, -0.2) is 4.39 Å². The highest BCUT2D eigenvalue weighted by Crippen LogP contribution is 2.18. The topological polar surface area (TPSA) is 46.2 Å². The van der Waals surface area contributed by atoms with Crippen LogP contribution >= 0.6 is 0 Å². The molecule has 1 aromatic rings. The Morgan fingerprint density at radius 1 is 1.62 bits per heavy atom. The highest BCUT2D eigenvalue weighted by Gasteiger charge is 2.07. The Morgan fingerprint density at radius 2 is 2.31 bits per heavy atom. The van der Waals surface area contributed by atoms with Crippen LogP contribution in [0.3, 0.4) is 0 Å². The second kappa shape index (κ2) is 4.16. The molecule has 0 aromatic heterocycles. The van der Waals surface area contributed by atoms with Crippen molar-refractivity contribution in [3.05, 3.63) is 47.8 Å². The first-order valence-corrected chi connectivity index (χ1v) is 3.96. The molecule has 2 nitrogen and oxygen atoms in total. The van der Waals surface area contributed by atoms with Crippen LogP contribution in [-0.2, 0) is 6.61 Å². The number of hydrogen-bond acceptors (Lipinski definition) is 2. The third-order valence-electron chi connectivity index (χ3n) is 1.89. The van der Waals surface area contributed by atoms with Gasteiger partial charge in [-0.3, -0.25) is 0 Å². The van der Waals surface area contributed by atoms with E-state index in [1.807, 2.05) is 0 Å². The third kappa shape index (κ3) is 2.14. The normalized spacial score (nSPS) is 12.5. The molecule has 0 saturated heterocycles. The molecule has 0 bridgehead atoms. The SMILES string of the molecule is C=C[C@H](N)c1ccc(F)cc1CO.